The van der Waals surface area contributed by atoms with E-state index in [9.17, 15) is 9.59 Å². The molecular weight excluding hydrogens is 250 g/mol. The third kappa shape index (κ3) is 2.71. The van der Waals surface area contributed by atoms with Gasteiger partial charge in [-0.1, -0.05) is 6.07 Å². The number of nitrogens with two attached hydrogens (primary N) is 2. The predicted molar refractivity (Wildman–Crippen MR) is 66.2 cm³/mol. The van der Waals surface area contributed by atoms with Gasteiger partial charge in [-0.15, -0.1) is 0 Å². The van der Waals surface area contributed by atoms with E-state index in [1.165, 1.54) is 13.0 Å². The Morgan fingerprint density at radius 3 is 2.68 bits per heavy atom. The number of nitrogen functional groups attached to an aromatic ring is 1. The second-order valence-electron chi connectivity index (χ2n) is 3.72. The van der Waals surface area contributed by atoms with Gasteiger partial charge in [-0.25, -0.2) is 4.98 Å². The first-order chi connectivity index (χ1) is 8.97. The Bertz CT molecular complexity index is 648. The summed E-state index contributed by atoms with van der Waals surface area (Å²) in [5.74, 6) is -0.909. The van der Waals surface area contributed by atoms with Crippen molar-refractivity contribution in [3.8, 4) is 17.2 Å². The van der Waals surface area contributed by atoms with Crippen LogP contribution in [0.4, 0.5) is 5.88 Å². The zero-order chi connectivity index (χ0) is 14.0. The maximum Gasteiger partial charge on any atom is 0.308 e. The molecule has 1 amide bonds. The Kier molecular flexibility index (Phi) is 3.19. The number of amides is 1. The molecule has 1 aromatic carbocycles. The summed E-state index contributed by atoms with van der Waals surface area (Å²) in [5, 5.41) is 0. The minimum atomic E-state index is -0.774. The second-order valence-corrected chi connectivity index (χ2v) is 3.72. The van der Waals surface area contributed by atoms with Crippen molar-refractivity contribution in [2.75, 3.05) is 5.73 Å². The predicted octanol–water partition coefficient (Wildman–Crippen LogP) is 0.948. The fourth-order valence-corrected chi connectivity index (χ4v) is 1.49. The number of rotatable bonds is 3. The van der Waals surface area contributed by atoms with Gasteiger partial charge in [0.2, 0.25) is 11.8 Å². The normalized spacial score (nSPS) is 10.2. The van der Waals surface area contributed by atoms with Crippen molar-refractivity contribution in [2.24, 2.45) is 5.73 Å². The SMILES string of the molecule is CC(=O)Oc1cccc(-c2nc(C(N)=O)c(N)o2)c1. The van der Waals surface area contributed by atoms with Gasteiger partial charge in [-0.05, 0) is 18.2 Å². The average molecular weight is 261 g/mol. The maximum atomic E-state index is 11.0. The molecule has 2 aromatic rings. The number of carbonyl (C=O) groups is 2. The minimum Gasteiger partial charge on any atom is -0.427 e. The third-order valence-electron chi connectivity index (χ3n) is 2.23. The monoisotopic (exact) mass is 261 g/mol. The highest BCUT2D eigenvalue weighted by atomic mass is 16.5. The molecule has 0 aliphatic rings. The van der Waals surface area contributed by atoms with Crippen LogP contribution >= 0.6 is 0 Å². The van der Waals surface area contributed by atoms with E-state index in [1.807, 2.05) is 0 Å². The molecule has 1 heterocycles. The van der Waals surface area contributed by atoms with Crippen molar-refractivity contribution in [3.63, 3.8) is 0 Å². The molecule has 0 aliphatic heterocycles. The third-order valence-corrected chi connectivity index (χ3v) is 2.23. The van der Waals surface area contributed by atoms with Crippen molar-refractivity contribution in [2.45, 2.75) is 6.92 Å². The number of carbonyl (C=O) groups excluding carboxylic acids is 2. The summed E-state index contributed by atoms with van der Waals surface area (Å²) >= 11 is 0. The van der Waals surface area contributed by atoms with Crippen molar-refractivity contribution in [1.82, 2.24) is 4.98 Å². The molecule has 4 N–H and O–H groups in total. The first-order valence-corrected chi connectivity index (χ1v) is 5.32. The van der Waals surface area contributed by atoms with Crippen molar-refractivity contribution in [1.29, 1.82) is 0 Å². The van der Waals surface area contributed by atoms with E-state index in [4.69, 9.17) is 20.6 Å². The van der Waals surface area contributed by atoms with Gasteiger partial charge < -0.3 is 20.6 Å². The molecule has 0 fully saturated rings. The molecule has 0 radical (unpaired) electrons. The van der Waals surface area contributed by atoms with E-state index < -0.39 is 11.9 Å². The van der Waals surface area contributed by atoms with Crippen LogP contribution in [0.1, 0.15) is 17.4 Å². The van der Waals surface area contributed by atoms with E-state index in [0.717, 1.165) is 0 Å². The average Bonchev–Trinajstić information content (AvgIpc) is 2.71. The zero-order valence-electron chi connectivity index (χ0n) is 10.0. The summed E-state index contributed by atoms with van der Waals surface area (Å²) < 4.78 is 10.1. The largest absolute Gasteiger partial charge is 0.427 e. The van der Waals surface area contributed by atoms with Crippen molar-refractivity contribution < 1.29 is 18.7 Å². The first kappa shape index (κ1) is 12.6. The number of ether oxygens (including phenoxy) is 1. The first-order valence-electron chi connectivity index (χ1n) is 5.32. The van der Waals surface area contributed by atoms with Gasteiger partial charge in [0.15, 0.2) is 5.69 Å². The summed E-state index contributed by atoms with van der Waals surface area (Å²) in [6.45, 7) is 1.29. The van der Waals surface area contributed by atoms with Gasteiger partial charge in [0.1, 0.15) is 5.75 Å². The standard InChI is InChI=1S/C12H11N3O4/c1-6(16)18-8-4-2-3-7(5-8)12-15-9(10(13)17)11(14)19-12/h2-5H,14H2,1H3,(H2,13,17). The number of aromatic nitrogens is 1. The van der Waals surface area contributed by atoms with Crippen LogP contribution in [0.25, 0.3) is 11.5 Å². The highest BCUT2D eigenvalue weighted by molar-refractivity contribution is 5.95. The Labute approximate surface area is 108 Å². The molecule has 0 bridgehead atoms. The van der Waals surface area contributed by atoms with Crippen molar-refractivity contribution in [3.05, 3.63) is 30.0 Å². The van der Waals surface area contributed by atoms with Crippen molar-refractivity contribution >= 4 is 17.8 Å². The number of oxazole rings is 1. The maximum absolute atomic E-state index is 11.0. The lowest BCUT2D eigenvalue weighted by molar-refractivity contribution is -0.131. The van der Waals surface area contributed by atoms with Crippen LogP contribution in [0.2, 0.25) is 0 Å². The Hall–Kier alpha value is -2.83. The van der Waals surface area contributed by atoms with Crippen LogP contribution in [-0.2, 0) is 4.79 Å². The molecule has 0 saturated carbocycles. The van der Waals surface area contributed by atoms with Crippen LogP contribution in [0.5, 0.6) is 5.75 Å². The fourth-order valence-electron chi connectivity index (χ4n) is 1.49. The quantitative estimate of drug-likeness (QED) is 0.626. The molecule has 0 spiro atoms. The summed E-state index contributed by atoms with van der Waals surface area (Å²) in [6, 6.07) is 6.46. The van der Waals surface area contributed by atoms with E-state index >= 15 is 0 Å². The Balaban J connectivity index is 2.39. The fraction of sp³-hybridized carbons (Fsp3) is 0.0833. The summed E-state index contributed by atoms with van der Waals surface area (Å²) in [5.41, 5.74) is 11.0. The van der Waals surface area contributed by atoms with Crippen LogP contribution in [0.15, 0.2) is 28.7 Å². The topological polar surface area (TPSA) is 121 Å². The molecule has 1 aromatic heterocycles. The van der Waals surface area contributed by atoms with Gasteiger partial charge in [-0.3, -0.25) is 9.59 Å². The summed E-state index contributed by atoms with van der Waals surface area (Å²) in [7, 11) is 0. The number of primary amides is 1. The lowest BCUT2D eigenvalue weighted by Crippen LogP contribution is -2.13. The van der Waals surface area contributed by atoms with E-state index in [0.29, 0.717) is 11.3 Å². The molecule has 19 heavy (non-hydrogen) atoms. The van der Waals surface area contributed by atoms with Gasteiger partial charge in [0.25, 0.3) is 5.91 Å². The van der Waals surface area contributed by atoms with Gasteiger partial charge >= 0.3 is 5.97 Å². The number of benzene rings is 1. The molecule has 0 aliphatic carbocycles. The molecule has 0 saturated heterocycles. The highest BCUT2D eigenvalue weighted by Gasteiger charge is 2.16. The molecule has 98 valence electrons. The zero-order valence-corrected chi connectivity index (χ0v) is 10.0. The number of hydrogen-bond acceptors (Lipinski definition) is 6. The van der Waals surface area contributed by atoms with E-state index in [2.05, 4.69) is 4.98 Å². The van der Waals surface area contributed by atoms with Crippen LogP contribution in [0.3, 0.4) is 0 Å². The minimum absolute atomic E-state index is 0.125. The summed E-state index contributed by atoms with van der Waals surface area (Å²) in [6.07, 6.45) is 0. The van der Waals surface area contributed by atoms with Gasteiger partial charge in [0, 0.05) is 12.5 Å². The molecule has 0 atom stereocenters. The van der Waals surface area contributed by atoms with Crippen LogP contribution in [0, 0.1) is 0 Å². The molecule has 0 unspecified atom stereocenters. The Morgan fingerprint density at radius 2 is 2.11 bits per heavy atom. The van der Waals surface area contributed by atoms with Gasteiger partial charge in [-0.2, -0.15) is 0 Å². The highest BCUT2D eigenvalue weighted by Crippen LogP contribution is 2.26. The lowest BCUT2D eigenvalue weighted by Gasteiger charge is -2.01. The smallest absolute Gasteiger partial charge is 0.308 e. The van der Waals surface area contributed by atoms with E-state index in [1.54, 1.807) is 18.2 Å². The number of nitrogens with zero attached hydrogens (tertiary/aromatic N) is 1. The molecular formula is C12H11N3O4. The van der Waals surface area contributed by atoms with E-state index in [-0.39, 0.29) is 17.5 Å². The lowest BCUT2D eigenvalue weighted by atomic mass is 10.2. The van der Waals surface area contributed by atoms with Crippen LogP contribution in [-0.4, -0.2) is 16.9 Å². The molecule has 7 nitrogen and oxygen atoms in total. The molecule has 7 heteroatoms. The summed E-state index contributed by atoms with van der Waals surface area (Å²) in [4.78, 5) is 25.8. The second kappa shape index (κ2) is 4.81. The molecule has 2 rings (SSSR count). The Morgan fingerprint density at radius 1 is 1.37 bits per heavy atom. The number of anilines is 1. The van der Waals surface area contributed by atoms with Crippen LogP contribution < -0.4 is 16.2 Å². The number of esters is 1. The van der Waals surface area contributed by atoms with Gasteiger partial charge in [0.05, 0.1) is 0 Å². The number of hydrogen-bond donors (Lipinski definition) is 2.